The zero-order chi connectivity index (χ0) is 65.7. The summed E-state index contributed by atoms with van der Waals surface area (Å²) >= 11 is 17.3. The molecule has 12 aromatic carbocycles. The first-order chi connectivity index (χ1) is 47.0. The molecule has 11 heteroatoms. The van der Waals surface area contributed by atoms with Crippen molar-refractivity contribution < 1.29 is 8.83 Å². The fourth-order valence-corrected chi connectivity index (χ4v) is 18.6. The lowest BCUT2D eigenvalue weighted by Gasteiger charge is -2.41. The molecule has 2 aliphatic rings. The maximum Gasteiger partial charge on any atom is 0.252 e. The summed E-state index contributed by atoms with van der Waals surface area (Å²) in [5, 5.41) is 11.0. The maximum atomic E-state index is 6.89. The van der Waals surface area contributed by atoms with Gasteiger partial charge in [0.25, 0.3) is 6.71 Å². The van der Waals surface area contributed by atoms with Crippen molar-refractivity contribution in [1.82, 2.24) is 9.13 Å². The molecule has 6 aromatic heterocycles. The number of rotatable bonds is 5. The molecule has 0 aliphatic carbocycles. The minimum atomic E-state index is -0.0212. The molecule has 0 amide bonds. The maximum absolute atomic E-state index is 6.89. The van der Waals surface area contributed by atoms with E-state index in [4.69, 9.17) is 32.0 Å². The SMILES string of the molecule is Cc1cc(N(c2cccc(Cl)c2)c2cccc3c2oc2ccccc23)cc(-n2c3ccc(C(C)(C)C)cc3c3sc4ccccc4c32)c1.Cc1cc2c3c(c1)-n1c4c(cc(C(C)(C)C)cc4c4sc5ccccc5c41)B3c1ccc(Cl)cc1N2c1cccc2c1oc1ccccc12. The number of nitrogens with zero attached hydrogens (tertiary/aromatic N) is 4. The first-order valence-electron chi connectivity index (χ1n) is 33.2. The summed E-state index contributed by atoms with van der Waals surface area (Å²) in [6.07, 6.45) is 0. The highest BCUT2D eigenvalue weighted by Gasteiger charge is 2.44. The van der Waals surface area contributed by atoms with Gasteiger partial charge in [0.2, 0.25) is 0 Å². The highest BCUT2D eigenvalue weighted by Crippen LogP contribution is 2.51. The molecule has 0 saturated heterocycles. The Morgan fingerprint density at radius 2 is 0.990 bits per heavy atom. The van der Waals surface area contributed by atoms with Gasteiger partial charge in [-0.2, -0.15) is 0 Å². The van der Waals surface area contributed by atoms with E-state index in [1.54, 1.807) is 0 Å². The molecule has 468 valence electrons. The third kappa shape index (κ3) is 8.84. The van der Waals surface area contributed by atoms with Crippen LogP contribution in [0.25, 0.3) is 118 Å². The van der Waals surface area contributed by atoms with Gasteiger partial charge >= 0.3 is 0 Å². The van der Waals surface area contributed by atoms with Crippen LogP contribution in [-0.4, -0.2) is 15.8 Å². The Morgan fingerprint density at radius 3 is 1.70 bits per heavy atom. The monoisotopic (exact) mass is 1330 g/mol. The van der Waals surface area contributed by atoms with Crippen LogP contribution in [0.2, 0.25) is 10.0 Å². The fraction of sp³-hybridized carbons (Fsp3) is 0.116. The molecule has 8 heterocycles. The number of halogens is 2. The summed E-state index contributed by atoms with van der Waals surface area (Å²) < 4.78 is 23.6. The van der Waals surface area contributed by atoms with Gasteiger partial charge in [0.05, 0.1) is 42.8 Å². The molecule has 0 spiro atoms. The molecule has 0 atom stereocenters. The molecule has 20 rings (SSSR count). The molecule has 0 fully saturated rings. The van der Waals surface area contributed by atoms with Crippen molar-refractivity contribution in [2.75, 3.05) is 9.80 Å². The number of benzene rings is 12. The van der Waals surface area contributed by atoms with Crippen LogP contribution < -0.4 is 26.2 Å². The Labute approximate surface area is 579 Å². The average molecular weight is 1330 g/mol. The van der Waals surface area contributed by atoms with Crippen LogP contribution in [0.3, 0.4) is 0 Å². The van der Waals surface area contributed by atoms with E-state index >= 15 is 0 Å². The zero-order valence-electron chi connectivity index (χ0n) is 54.8. The van der Waals surface area contributed by atoms with E-state index in [9.17, 15) is 0 Å². The third-order valence-corrected chi connectivity index (χ3v) is 23.0. The summed E-state index contributed by atoms with van der Waals surface area (Å²) in [5.74, 6) is 0. The predicted molar refractivity (Wildman–Crippen MR) is 418 cm³/mol. The van der Waals surface area contributed by atoms with Crippen LogP contribution in [0.5, 0.6) is 0 Å². The Balaban J connectivity index is 0.000000136. The minimum Gasteiger partial charge on any atom is -0.454 e. The first-order valence-corrected chi connectivity index (χ1v) is 35.6. The number of para-hydroxylation sites is 4. The van der Waals surface area contributed by atoms with Gasteiger partial charge < -0.3 is 27.8 Å². The first kappa shape index (κ1) is 58.4. The lowest BCUT2D eigenvalue weighted by Crippen LogP contribution is -2.60. The molecule has 18 aromatic rings. The Morgan fingerprint density at radius 1 is 0.402 bits per heavy atom. The molecule has 0 N–H and O–H groups in total. The molecule has 0 bridgehead atoms. The molecule has 2 aliphatic heterocycles. The van der Waals surface area contributed by atoms with E-state index in [2.05, 4.69) is 275 Å². The number of hydrogen-bond acceptors (Lipinski definition) is 6. The summed E-state index contributed by atoms with van der Waals surface area (Å²) in [5.41, 5.74) is 26.2. The quantitative estimate of drug-likeness (QED) is 0.161. The van der Waals surface area contributed by atoms with E-state index in [1.807, 2.05) is 59.1 Å². The van der Waals surface area contributed by atoms with Gasteiger partial charge in [0.15, 0.2) is 11.2 Å². The van der Waals surface area contributed by atoms with E-state index in [0.29, 0.717) is 5.02 Å². The van der Waals surface area contributed by atoms with E-state index < -0.39 is 0 Å². The normalized spacial score (nSPS) is 13.0. The van der Waals surface area contributed by atoms with E-state index in [1.165, 1.54) is 107 Å². The molecule has 0 unspecified atom stereocenters. The van der Waals surface area contributed by atoms with Crippen molar-refractivity contribution in [3.05, 3.63) is 269 Å². The number of aryl methyl sites for hydroxylation is 2. The summed E-state index contributed by atoms with van der Waals surface area (Å²) in [6, 6.07) is 85.2. The summed E-state index contributed by atoms with van der Waals surface area (Å²) in [4.78, 5) is 4.69. The van der Waals surface area contributed by atoms with Crippen LogP contribution in [0, 0.1) is 13.8 Å². The minimum absolute atomic E-state index is 0.0212. The number of fused-ring (bicyclic) bond motifs is 20. The number of furan rings is 2. The Kier molecular flexibility index (Phi) is 12.8. The predicted octanol–water partition coefficient (Wildman–Crippen LogP) is 24.4. The molecule has 0 radical (unpaired) electrons. The van der Waals surface area contributed by atoms with Crippen LogP contribution >= 0.6 is 45.9 Å². The largest absolute Gasteiger partial charge is 0.454 e. The van der Waals surface area contributed by atoms with Gasteiger partial charge in [-0.05, 0) is 179 Å². The van der Waals surface area contributed by atoms with Gasteiger partial charge in [-0.1, -0.05) is 186 Å². The Bertz CT molecular complexity index is 6400. The average Bonchev–Trinajstić information content (AvgIpc) is 1.67. The summed E-state index contributed by atoms with van der Waals surface area (Å²) in [6.45, 7) is 18.3. The van der Waals surface area contributed by atoms with E-state index in [0.717, 1.165) is 88.6 Å². The van der Waals surface area contributed by atoms with Gasteiger partial charge in [-0.15, -0.1) is 22.7 Å². The van der Waals surface area contributed by atoms with Gasteiger partial charge in [-0.3, -0.25) is 0 Å². The van der Waals surface area contributed by atoms with E-state index in [-0.39, 0.29) is 17.5 Å². The van der Waals surface area contributed by atoms with Gasteiger partial charge in [-0.25, -0.2) is 0 Å². The standard InChI is InChI=1S/C43H30BClN2OS.C43H33ClN2OS/c1-23-18-34-38-35(19-23)47-39-29(42-40(47)28-11-6-8-15-37(28)49-42)20-24(43(2,3)4)21-31(39)44(38)30-17-16-25(45)22-33(30)46(34)32-13-9-12-27-26-10-5-7-14-36(26)48-41(27)32;1-26-21-30(45(29-12-9-11-28(44)24-29)37-16-10-15-33-32-13-5-7-17-38(32)47-41(33)37)25-31(22-26)46-36-20-19-27(43(2,3)4)23-35(36)42-40(46)34-14-6-8-18-39(34)48-42/h5-22H,1-4H3;5-25H,1-4H3. The van der Waals surface area contributed by atoms with Crippen LogP contribution in [-0.2, 0) is 10.8 Å². The highest BCUT2D eigenvalue weighted by molar-refractivity contribution is 7.27. The lowest BCUT2D eigenvalue weighted by molar-refractivity contribution is 0.591. The zero-order valence-corrected chi connectivity index (χ0v) is 57.9. The second-order valence-electron chi connectivity index (χ2n) is 28.5. The van der Waals surface area contributed by atoms with Gasteiger partial charge in [0.1, 0.15) is 11.2 Å². The van der Waals surface area contributed by atoms with Crippen LogP contribution in [0.1, 0.15) is 63.8 Å². The lowest BCUT2D eigenvalue weighted by atomic mass is 9.33. The third-order valence-electron chi connectivity index (χ3n) is 20.2. The molecule has 6 nitrogen and oxygen atoms in total. The number of aromatic nitrogens is 2. The molecule has 0 saturated carbocycles. The highest BCUT2D eigenvalue weighted by atomic mass is 35.5. The van der Waals surface area contributed by atoms with Crippen molar-refractivity contribution in [3.8, 4) is 11.4 Å². The van der Waals surface area contributed by atoms with Crippen LogP contribution in [0.15, 0.2) is 245 Å². The van der Waals surface area contributed by atoms with Crippen molar-refractivity contribution >= 4 is 209 Å². The number of hydrogen-bond donors (Lipinski definition) is 0. The smallest absolute Gasteiger partial charge is 0.252 e. The van der Waals surface area contributed by atoms with Crippen molar-refractivity contribution in [1.29, 1.82) is 0 Å². The Hall–Kier alpha value is -10.00. The van der Waals surface area contributed by atoms with Crippen molar-refractivity contribution in [3.63, 3.8) is 0 Å². The van der Waals surface area contributed by atoms with Crippen molar-refractivity contribution in [2.24, 2.45) is 0 Å². The molecule has 97 heavy (non-hydrogen) atoms. The summed E-state index contributed by atoms with van der Waals surface area (Å²) in [7, 11) is 0. The number of thiophene rings is 2. The molecular weight excluding hydrogens is 1270 g/mol. The van der Waals surface area contributed by atoms with Crippen molar-refractivity contribution in [2.45, 2.75) is 66.2 Å². The number of anilines is 6. The van der Waals surface area contributed by atoms with Gasteiger partial charge in [0, 0.05) is 96.7 Å². The second kappa shape index (κ2) is 21.3. The second-order valence-corrected chi connectivity index (χ2v) is 31.4. The molecular formula is C86H63BCl2N4O2S2. The topological polar surface area (TPSA) is 42.6 Å². The van der Waals surface area contributed by atoms with Crippen LogP contribution in [0.4, 0.5) is 34.1 Å². The fourth-order valence-electron chi connectivity index (χ4n) is 15.8.